The third-order valence-corrected chi connectivity index (χ3v) is 2.93. The number of benzene rings is 1. The molecule has 0 spiro atoms. The van der Waals surface area contributed by atoms with E-state index in [4.69, 9.17) is 11.6 Å². The van der Waals surface area contributed by atoms with Crippen molar-refractivity contribution in [3.05, 3.63) is 51.2 Å². The first-order valence-electron chi connectivity index (χ1n) is 4.92. The first-order chi connectivity index (χ1) is 8.97. The largest absolute Gasteiger partial charge is 0.318 e. The van der Waals surface area contributed by atoms with Crippen LogP contribution in [0.2, 0.25) is 5.15 Å². The predicted molar refractivity (Wildman–Crippen MR) is 69.1 cm³/mol. The molecule has 0 bridgehead atoms. The van der Waals surface area contributed by atoms with Crippen LogP contribution in [0.4, 0.5) is 14.5 Å². The Labute approximate surface area is 119 Å². The number of aromatic nitrogens is 2. The average Bonchev–Trinajstić information content (AvgIpc) is 2.36. The molecule has 0 aliphatic heterocycles. The number of hydrogen-bond acceptors (Lipinski definition) is 3. The SMILES string of the molecule is O=C(Nc1cc(F)c(Br)cc1F)c1ccc(Cl)nn1. The maximum absolute atomic E-state index is 13.5. The number of carbonyl (C=O) groups is 1. The fourth-order valence-corrected chi connectivity index (χ4v) is 1.66. The minimum absolute atomic E-state index is 0.0331. The summed E-state index contributed by atoms with van der Waals surface area (Å²) in [6.45, 7) is 0. The monoisotopic (exact) mass is 347 g/mol. The van der Waals surface area contributed by atoms with Crippen LogP contribution in [0, 0.1) is 11.6 Å². The summed E-state index contributed by atoms with van der Waals surface area (Å²) in [7, 11) is 0. The Kier molecular flexibility index (Phi) is 4.06. The van der Waals surface area contributed by atoms with Gasteiger partial charge in [-0.05, 0) is 34.1 Å². The van der Waals surface area contributed by atoms with Gasteiger partial charge in [0.05, 0.1) is 10.2 Å². The summed E-state index contributed by atoms with van der Waals surface area (Å²) in [6, 6.07) is 4.46. The second kappa shape index (κ2) is 5.58. The highest BCUT2D eigenvalue weighted by Gasteiger charge is 2.13. The summed E-state index contributed by atoms with van der Waals surface area (Å²) >= 11 is 8.35. The Morgan fingerprint density at radius 2 is 1.95 bits per heavy atom. The standard InChI is InChI=1S/C11H5BrClF2N3O/c12-5-3-7(15)9(4-6(5)14)16-11(19)8-1-2-10(13)18-17-8/h1-4H,(H,16,19). The number of nitrogens with zero attached hydrogens (tertiary/aromatic N) is 2. The number of hydrogen-bond donors (Lipinski definition) is 1. The number of anilines is 1. The van der Waals surface area contributed by atoms with E-state index in [0.29, 0.717) is 0 Å². The summed E-state index contributed by atoms with van der Waals surface area (Å²) in [6.07, 6.45) is 0. The minimum atomic E-state index is -0.774. The zero-order valence-electron chi connectivity index (χ0n) is 9.12. The van der Waals surface area contributed by atoms with E-state index in [2.05, 4.69) is 31.4 Å². The number of amides is 1. The molecule has 0 atom stereocenters. The molecule has 0 aliphatic rings. The van der Waals surface area contributed by atoms with Crippen molar-refractivity contribution in [2.45, 2.75) is 0 Å². The number of halogens is 4. The van der Waals surface area contributed by atoms with Crippen molar-refractivity contribution in [1.29, 1.82) is 0 Å². The molecular formula is C11H5BrClF2N3O. The molecule has 1 aromatic carbocycles. The van der Waals surface area contributed by atoms with Gasteiger partial charge in [-0.3, -0.25) is 4.79 Å². The van der Waals surface area contributed by atoms with E-state index in [-0.39, 0.29) is 21.0 Å². The summed E-state index contributed by atoms with van der Waals surface area (Å²) < 4.78 is 26.7. The Morgan fingerprint density at radius 1 is 1.21 bits per heavy atom. The molecular weight excluding hydrogens is 343 g/mol. The number of rotatable bonds is 2. The van der Waals surface area contributed by atoms with Crippen LogP contribution in [0.25, 0.3) is 0 Å². The van der Waals surface area contributed by atoms with Gasteiger partial charge in [0.2, 0.25) is 0 Å². The van der Waals surface area contributed by atoms with Crippen LogP contribution in [-0.2, 0) is 0 Å². The lowest BCUT2D eigenvalue weighted by atomic mass is 10.2. The van der Waals surface area contributed by atoms with Crippen molar-refractivity contribution in [3.63, 3.8) is 0 Å². The quantitative estimate of drug-likeness (QED) is 0.846. The topological polar surface area (TPSA) is 54.9 Å². The van der Waals surface area contributed by atoms with Gasteiger partial charge in [-0.15, -0.1) is 10.2 Å². The van der Waals surface area contributed by atoms with E-state index < -0.39 is 17.5 Å². The van der Waals surface area contributed by atoms with Crippen LogP contribution in [0.1, 0.15) is 10.5 Å². The van der Waals surface area contributed by atoms with Crippen molar-refractivity contribution in [1.82, 2.24) is 10.2 Å². The lowest BCUT2D eigenvalue weighted by Gasteiger charge is -2.06. The molecule has 2 rings (SSSR count). The van der Waals surface area contributed by atoms with Gasteiger partial charge in [0.15, 0.2) is 10.8 Å². The van der Waals surface area contributed by atoms with Gasteiger partial charge in [0, 0.05) is 6.07 Å². The van der Waals surface area contributed by atoms with Gasteiger partial charge in [0.25, 0.3) is 5.91 Å². The van der Waals surface area contributed by atoms with Gasteiger partial charge in [-0.2, -0.15) is 0 Å². The minimum Gasteiger partial charge on any atom is -0.318 e. The van der Waals surface area contributed by atoms with Crippen LogP contribution in [0.5, 0.6) is 0 Å². The molecule has 2 aromatic rings. The highest BCUT2D eigenvalue weighted by atomic mass is 79.9. The highest BCUT2D eigenvalue weighted by molar-refractivity contribution is 9.10. The van der Waals surface area contributed by atoms with E-state index in [1.54, 1.807) is 0 Å². The molecule has 0 radical (unpaired) electrons. The van der Waals surface area contributed by atoms with Crippen molar-refractivity contribution < 1.29 is 13.6 Å². The van der Waals surface area contributed by atoms with Crippen LogP contribution in [0.15, 0.2) is 28.7 Å². The van der Waals surface area contributed by atoms with Gasteiger partial charge >= 0.3 is 0 Å². The van der Waals surface area contributed by atoms with Crippen molar-refractivity contribution >= 4 is 39.1 Å². The van der Waals surface area contributed by atoms with E-state index >= 15 is 0 Å². The number of carbonyl (C=O) groups excluding carboxylic acids is 1. The van der Waals surface area contributed by atoms with Crippen LogP contribution in [0.3, 0.4) is 0 Å². The fourth-order valence-electron chi connectivity index (χ4n) is 1.24. The lowest BCUT2D eigenvalue weighted by Crippen LogP contribution is -2.15. The molecule has 1 N–H and O–H groups in total. The molecule has 4 nitrogen and oxygen atoms in total. The smallest absolute Gasteiger partial charge is 0.276 e. The zero-order valence-corrected chi connectivity index (χ0v) is 11.5. The first kappa shape index (κ1) is 13.8. The Hall–Kier alpha value is -1.60. The first-order valence-corrected chi connectivity index (χ1v) is 6.09. The second-order valence-corrected chi connectivity index (χ2v) is 4.68. The Morgan fingerprint density at radius 3 is 2.58 bits per heavy atom. The molecule has 0 saturated carbocycles. The van der Waals surface area contributed by atoms with Gasteiger partial charge in [-0.1, -0.05) is 11.6 Å². The van der Waals surface area contributed by atoms with Gasteiger partial charge < -0.3 is 5.32 Å². The molecule has 0 aliphatic carbocycles. The maximum atomic E-state index is 13.5. The molecule has 0 unspecified atom stereocenters. The van der Waals surface area contributed by atoms with Gasteiger partial charge in [-0.25, -0.2) is 8.78 Å². The third-order valence-electron chi connectivity index (χ3n) is 2.12. The normalized spacial score (nSPS) is 10.3. The van der Waals surface area contributed by atoms with E-state index in [9.17, 15) is 13.6 Å². The van der Waals surface area contributed by atoms with Crippen LogP contribution < -0.4 is 5.32 Å². The van der Waals surface area contributed by atoms with Crippen molar-refractivity contribution in [2.24, 2.45) is 0 Å². The Balaban J connectivity index is 2.24. The maximum Gasteiger partial charge on any atom is 0.276 e. The molecule has 98 valence electrons. The molecule has 1 aromatic heterocycles. The summed E-state index contributed by atoms with van der Waals surface area (Å²) in [4.78, 5) is 11.7. The Bertz CT molecular complexity index is 637. The highest BCUT2D eigenvalue weighted by Crippen LogP contribution is 2.23. The fraction of sp³-hybridized carbons (Fsp3) is 0. The van der Waals surface area contributed by atoms with E-state index in [1.807, 2.05) is 0 Å². The average molecular weight is 349 g/mol. The predicted octanol–water partition coefficient (Wildman–Crippen LogP) is 3.42. The second-order valence-electron chi connectivity index (χ2n) is 3.44. The summed E-state index contributed by atoms with van der Waals surface area (Å²) in [5, 5.41) is 9.32. The van der Waals surface area contributed by atoms with Crippen LogP contribution >= 0.6 is 27.5 Å². The van der Waals surface area contributed by atoms with E-state index in [0.717, 1.165) is 12.1 Å². The molecule has 1 heterocycles. The summed E-state index contributed by atoms with van der Waals surface area (Å²) in [5.74, 6) is -2.19. The zero-order chi connectivity index (χ0) is 14.0. The van der Waals surface area contributed by atoms with Crippen molar-refractivity contribution in [3.8, 4) is 0 Å². The molecule has 8 heteroatoms. The summed E-state index contributed by atoms with van der Waals surface area (Å²) in [5.41, 5.74) is -0.352. The molecule has 0 fully saturated rings. The van der Waals surface area contributed by atoms with Crippen molar-refractivity contribution in [2.75, 3.05) is 5.32 Å². The third kappa shape index (κ3) is 3.24. The molecule has 0 saturated heterocycles. The van der Waals surface area contributed by atoms with E-state index in [1.165, 1.54) is 12.1 Å². The number of nitrogens with one attached hydrogen (secondary N) is 1. The lowest BCUT2D eigenvalue weighted by molar-refractivity contribution is 0.102. The molecule has 19 heavy (non-hydrogen) atoms. The van der Waals surface area contributed by atoms with Crippen LogP contribution in [-0.4, -0.2) is 16.1 Å². The molecule has 1 amide bonds. The van der Waals surface area contributed by atoms with Gasteiger partial charge in [0.1, 0.15) is 11.6 Å².